The van der Waals surface area contributed by atoms with Gasteiger partial charge in [-0.3, -0.25) is 0 Å². The van der Waals surface area contributed by atoms with Gasteiger partial charge in [0.15, 0.2) is 0 Å². The molecule has 0 spiro atoms. The Balaban J connectivity index is 2.53. The Hall–Kier alpha value is 0.690. The Morgan fingerprint density at radius 2 is 1.62 bits per heavy atom. The molecule has 0 saturated heterocycles. The molecule has 50 valence electrons. The summed E-state index contributed by atoms with van der Waals surface area (Å²) in [5, 5.41) is 8.36. The van der Waals surface area contributed by atoms with Crippen LogP contribution in [0.3, 0.4) is 0 Å². The molecular formula is C6H13IO. The lowest BCUT2D eigenvalue weighted by Gasteiger charge is -1.92. The number of alkyl halides is 1. The maximum Gasteiger partial charge on any atom is 0.0431 e. The number of halogens is 1. The van der Waals surface area contributed by atoms with E-state index < -0.39 is 0 Å². The van der Waals surface area contributed by atoms with Gasteiger partial charge in [0.2, 0.25) is 0 Å². The molecule has 0 aromatic heterocycles. The molecule has 0 atom stereocenters. The molecule has 0 unspecified atom stereocenters. The summed E-state index contributed by atoms with van der Waals surface area (Å²) >= 11 is 2.38. The topological polar surface area (TPSA) is 20.2 Å². The van der Waals surface area contributed by atoms with Gasteiger partial charge < -0.3 is 5.11 Å². The minimum Gasteiger partial charge on any atom is -0.396 e. The van der Waals surface area contributed by atoms with E-state index in [1.54, 1.807) is 0 Å². The van der Waals surface area contributed by atoms with Gasteiger partial charge in [-0.2, -0.15) is 0 Å². The molecule has 0 aromatic rings. The van der Waals surface area contributed by atoms with E-state index in [4.69, 9.17) is 5.11 Å². The van der Waals surface area contributed by atoms with E-state index >= 15 is 0 Å². The number of unbranched alkanes of at least 4 members (excludes halogenated alkanes) is 3. The Morgan fingerprint density at radius 3 is 2.12 bits per heavy atom. The van der Waals surface area contributed by atoms with E-state index in [-0.39, 0.29) is 0 Å². The van der Waals surface area contributed by atoms with Crippen molar-refractivity contribution >= 4 is 22.6 Å². The highest BCUT2D eigenvalue weighted by molar-refractivity contribution is 14.1. The van der Waals surface area contributed by atoms with E-state index in [2.05, 4.69) is 22.6 Å². The summed E-state index contributed by atoms with van der Waals surface area (Å²) in [6, 6.07) is 0. The monoisotopic (exact) mass is 228 g/mol. The fourth-order valence-electron chi connectivity index (χ4n) is 0.560. The van der Waals surface area contributed by atoms with Crippen LogP contribution < -0.4 is 0 Å². The molecule has 0 rings (SSSR count). The van der Waals surface area contributed by atoms with Crippen molar-refractivity contribution in [3.63, 3.8) is 0 Å². The molecule has 1 nitrogen and oxygen atoms in total. The van der Waals surface area contributed by atoms with E-state index in [0.29, 0.717) is 6.61 Å². The van der Waals surface area contributed by atoms with Crippen molar-refractivity contribution in [2.45, 2.75) is 25.7 Å². The van der Waals surface area contributed by atoms with Gasteiger partial charge in [-0.05, 0) is 17.3 Å². The van der Waals surface area contributed by atoms with E-state index in [1.807, 2.05) is 0 Å². The molecule has 0 saturated carbocycles. The second-order valence-electron chi connectivity index (χ2n) is 1.83. The van der Waals surface area contributed by atoms with E-state index in [1.165, 1.54) is 23.7 Å². The zero-order valence-corrected chi connectivity index (χ0v) is 7.23. The van der Waals surface area contributed by atoms with Gasteiger partial charge in [0.25, 0.3) is 0 Å². The maximum atomic E-state index is 8.36. The zero-order chi connectivity index (χ0) is 6.24. The largest absolute Gasteiger partial charge is 0.396 e. The van der Waals surface area contributed by atoms with Crippen LogP contribution in [0.5, 0.6) is 0 Å². The molecule has 0 heterocycles. The molecule has 0 fully saturated rings. The summed E-state index contributed by atoms with van der Waals surface area (Å²) in [6.07, 6.45) is 4.76. The average Bonchev–Trinajstić information content (AvgIpc) is 1.81. The van der Waals surface area contributed by atoms with Crippen molar-refractivity contribution in [3.05, 3.63) is 0 Å². The lowest BCUT2D eigenvalue weighted by atomic mass is 10.2. The van der Waals surface area contributed by atoms with Crippen molar-refractivity contribution in [1.82, 2.24) is 0 Å². The normalized spacial score (nSPS) is 9.75. The minimum absolute atomic E-state index is 0.362. The Bertz CT molecular complexity index is 33.5. The number of rotatable bonds is 5. The molecule has 0 aromatic carbocycles. The molecule has 8 heavy (non-hydrogen) atoms. The van der Waals surface area contributed by atoms with Crippen molar-refractivity contribution in [2.75, 3.05) is 11.0 Å². The lowest BCUT2D eigenvalue weighted by molar-refractivity contribution is 0.283. The van der Waals surface area contributed by atoms with Gasteiger partial charge in [-0.15, -0.1) is 0 Å². The molecule has 2 heteroatoms. The number of aliphatic hydroxyl groups is 1. The third-order valence-electron chi connectivity index (χ3n) is 1.04. The van der Waals surface area contributed by atoms with E-state index in [0.717, 1.165) is 6.42 Å². The fraction of sp³-hybridized carbons (Fsp3) is 1.00. The molecule has 0 aliphatic carbocycles. The lowest BCUT2D eigenvalue weighted by Crippen LogP contribution is -1.82. The summed E-state index contributed by atoms with van der Waals surface area (Å²) < 4.78 is 1.25. The molecule has 1 N–H and O–H groups in total. The zero-order valence-electron chi connectivity index (χ0n) is 5.07. The van der Waals surface area contributed by atoms with Gasteiger partial charge in [0, 0.05) is 6.61 Å². The van der Waals surface area contributed by atoms with Crippen LogP contribution in [0.1, 0.15) is 25.7 Å². The molecule has 0 amide bonds. The second-order valence-corrected chi connectivity index (χ2v) is 2.91. The van der Waals surface area contributed by atoms with Crippen molar-refractivity contribution in [1.29, 1.82) is 0 Å². The summed E-state index contributed by atoms with van der Waals surface area (Å²) in [6.45, 7) is 0.362. The Kier molecular flexibility index (Phi) is 8.35. The Labute approximate surface area is 64.6 Å². The first kappa shape index (κ1) is 8.69. The van der Waals surface area contributed by atoms with Gasteiger partial charge in [0.05, 0.1) is 0 Å². The summed E-state index contributed by atoms with van der Waals surface area (Å²) in [5.74, 6) is 0. The number of aliphatic hydroxyl groups excluding tert-OH is 1. The minimum atomic E-state index is 0.362. The fourth-order valence-corrected chi connectivity index (χ4v) is 1.10. The molecule has 0 aliphatic heterocycles. The summed E-state index contributed by atoms with van der Waals surface area (Å²) in [7, 11) is 0. The highest BCUT2D eigenvalue weighted by Gasteiger charge is 1.84. The van der Waals surface area contributed by atoms with Crippen LogP contribution in [-0.4, -0.2) is 16.1 Å². The van der Waals surface area contributed by atoms with Crippen LogP contribution in [-0.2, 0) is 0 Å². The smallest absolute Gasteiger partial charge is 0.0431 e. The van der Waals surface area contributed by atoms with E-state index in [9.17, 15) is 0 Å². The third-order valence-corrected chi connectivity index (χ3v) is 1.80. The van der Waals surface area contributed by atoms with Gasteiger partial charge in [0.1, 0.15) is 0 Å². The van der Waals surface area contributed by atoms with Gasteiger partial charge in [-0.25, -0.2) is 0 Å². The van der Waals surface area contributed by atoms with Crippen LogP contribution in [0.25, 0.3) is 0 Å². The molecule has 0 aliphatic rings. The van der Waals surface area contributed by atoms with Crippen LogP contribution in [0, 0.1) is 0 Å². The third kappa shape index (κ3) is 6.69. The SMILES string of the molecule is OCCCCCCI. The highest BCUT2D eigenvalue weighted by Crippen LogP contribution is 2.00. The first-order valence-electron chi connectivity index (χ1n) is 3.08. The van der Waals surface area contributed by atoms with Crippen molar-refractivity contribution in [2.24, 2.45) is 0 Å². The standard InChI is InChI=1S/C6H13IO/c7-5-3-1-2-4-6-8/h8H,1-6H2. The maximum absolute atomic E-state index is 8.36. The molecule has 0 bridgehead atoms. The number of hydrogen-bond acceptors (Lipinski definition) is 1. The van der Waals surface area contributed by atoms with Crippen LogP contribution in [0.15, 0.2) is 0 Å². The summed E-state index contributed by atoms with van der Waals surface area (Å²) in [4.78, 5) is 0. The van der Waals surface area contributed by atoms with Crippen LogP contribution in [0.2, 0.25) is 0 Å². The first-order chi connectivity index (χ1) is 3.91. The van der Waals surface area contributed by atoms with Crippen molar-refractivity contribution < 1.29 is 5.11 Å². The van der Waals surface area contributed by atoms with Crippen molar-refractivity contribution in [3.8, 4) is 0 Å². The quantitative estimate of drug-likeness (QED) is 0.433. The predicted molar refractivity (Wildman–Crippen MR) is 44.4 cm³/mol. The van der Waals surface area contributed by atoms with Crippen LogP contribution >= 0.6 is 22.6 Å². The second kappa shape index (κ2) is 7.69. The van der Waals surface area contributed by atoms with Crippen LogP contribution in [0.4, 0.5) is 0 Å². The summed E-state index contributed by atoms with van der Waals surface area (Å²) in [5.41, 5.74) is 0. The molecular weight excluding hydrogens is 215 g/mol. The molecule has 0 radical (unpaired) electrons. The predicted octanol–water partition coefficient (Wildman–Crippen LogP) is 1.97. The number of hydrogen-bond donors (Lipinski definition) is 1. The Morgan fingerprint density at radius 1 is 1.00 bits per heavy atom. The first-order valence-corrected chi connectivity index (χ1v) is 4.61. The van der Waals surface area contributed by atoms with Gasteiger partial charge in [-0.1, -0.05) is 35.4 Å². The average molecular weight is 228 g/mol. The van der Waals surface area contributed by atoms with Gasteiger partial charge >= 0.3 is 0 Å². The highest BCUT2D eigenvalue weighted by atomic mass is 127.